The summed E-state index contributed by atoms with van der Waals surface area (Å²) in [7, 11) is 0. The van der Waals surface area contributed by atoms with Gasteiger partial charge in [0.2, 0.25) is 0 Å². The standard InChI is InChI=1S/C25H34N2O4/c1-5-27(6-2)24(29)18-31-26-22-13-11-9-7-8-10-12-14-30-20(4)25-19(3)15-23(28)17-21(25)16-22/h8,10-11,13,15,17,28H,4-7,9,12,14,16,18H2,1-3H3/b10-8+,13-11+,26-22-. The molecule has 1 aromatic rings. The molecule has 1 heterocycles. The zero-order chi connectivity index (χ0) is 22.6. The highest BCUT2D eigenvalue weighted by atomic mass is 16.6. The van der Waals surface area contributed by atoms with E-state index >= 15 is 0 Å². The van der Waals surface area contributed by atoms with Gasteiger partial charge >= 0.3 is 0 Å². The molecule has 31 heavy (non-hydrogen) atoms. The summed E-state index contributed by atoms with van der Waals surface area (Å²) in [4.78, 5) is 19.3. The fraction of sp³-hybridized carbons (Fsp3) is 0.440. The van der Waals surface area contributed by atoms with Gasteiger partial charge in [-0.05, 0) is 69.4 Å². The number of carbonyl (C=O) groups excluding carboxylic acids is 1. The molecule has 0 saturated carbocycles. The molecule has 0 radical (unpaired) electrons. The van der Waals surface area contributed by atoms with E-state index in [-0.39, 0.29) is 18.3 Å². The van der Waals surface area contributed by atoms with Gasteiger partial charge in [-0.1, -0.05) is 30.0 Å². The van der Waals surface area contributed by atoms with Crippen LogP contribution in [0.2, 0.25) is 0 Å². The van der Waals surface area contributed by atoms with Crippen molar-refractivity contribution in [3.8, 4) is 5.75 Å². The number of rotatable bonds is 5. The molecule has 0 spiro atoms. The summed E-state index contributed by atoms with van der Waals surface area (Å²) in [6.45, 7) is 11.6. The van der Waals surface area contributed by atoms with Crippen molar-refractivity contribution in [2.24, 2.45) is 5.16 Å². The Morgan fingerprint density at radius 3 is 2.65 bits per heavy atom. The van der Waals surface area contributed by atoms with Crippen molar-refractivity contribution >= 4 is 17.4 Å². The number of likely N-dealkylation sites (N-methyl/N-ethyl adjacent to an activating group) is 1. The first-order chi connectivity index (χ1) is 15.0. The van der Waals surface area contributed by atoms with Gasteiger partial charge in [0.15, 0.2) is 6.61 Å². The van der Waals surface area contributed by atoms with E-state index in [0.29, 0.717) is 37.6 Å². The molecule has 1 N–H and O–H groups in total. The molecule has 1 amide bonds. The maximum absolute atomic E-state index is 12.2. The van der Waals surface area contributed by atoms with Crippen LogP contribution in [0.4, 0.5) is 0 Å². The molecule has 1 aromatic carbocycles. The van der Waals surface area contributed by atoms with Crippen molar-refractivity contribution in [1.82, 2.24) is 4.90 Å². The number of ether oxygens (including phenoxy) is 1. The molecule has 0 bridgehead atoms. The summed E-state index contributed by atoms with van der Waals surface area (Å²) in [6, 6.07) is 3.40. The van der Waals surface area contributed by atoms with Crippen LogP contribution in [0.1, 0.15) is 49.8 Å². The molecule has 168 valence electrons. The Morgan fingerprint density at radius 2 is 1.90 bits per heavy atom. The third-order valence-electron chi connectivity index (χ3n) is 5.08. The number of benzene rings is 1. The maximum atomic E-state index is 12.2. The molecular weight excluding hydrogens is 392 g/mol. The van der Waals surface area contributed by atoms with E-state index in [1.807, 2.05) is 32.9 Å². The van der Waals surface area contributed by atoms with Crippen molar-refractivity contribution in [3.05, 3.63) is 59.7 Å². The molecule has 6 nitrogen and oxygen atoms in total. The number of aromatic hydroxyl groups is 1. The number of nitrogens with zero attached hydrogens (tertiary/aromatic N) is 2. The van der Waals surface area contributed by atoms with Gasteiger partial charge in [-0.15, -0.1) is 0 Å². The van der Waals surface area contributed by atoms with Gasteiger partial charge in [0.25, 0.3) is 5.91 Å². The van der Waals surface area contributed by atoms with Crippen LogP contribution in [-0.4, -0.2) is 47.9 Å². The average molecular weight is 427 g/mol. The smallest absolute Gasteiger partial charge is 0.263 e. The summed E-state index contributed by atoms with van der Waals surface area (Å²) < 4.78 is 5.87. The van der Waals surface area contributed by atoms with Crippen LogP contribution < -0.4 is 0 Å². The highest BCUT2D eigenvalue weighted by Gasteiger charge is 2.15. The average Bonchev–Trinajstić information content (AvgIpc) is 2.72. The van der Waals surface area contributed by atoms with E-state index < -0.39 is 0 Å². The number of hydrogen-bond acceptors (Lipinski definition) is 5. The predicted octanol–water partition coefficient (Wildman–Crippen LogP) is 4.77. The quantitative estimate of drug-likeness (QED) is 0.544. The summed E-state index contributed by atoms with van der Waals surface area (Å²) in [6.07, 6.45) is 11.2. The number of hydrogen-bond donors (Lipinski definition) is 1. The van der Waals surface area contributed by atoms with Crippen LogP contribution >= 0.6 is 0 Å². The van der Waals surface area contributed by atoms with Crippen molar-refractivity contribution < 1.29 is 19.5 Å². The first kappa shape index (κ1) is 24.3. The molecule has 0 unspecified atom stereocenters. The van der Waals surface area contributed by atoms with E-state index in [4.69, 9.17) is 9.57 Å². The molecule has 0 aliphatic carbocycles. The third-order valence-corrected chi connectivity index (χ3v) is 5.08. The van der Waals surface area contributed by atoms with Crippen molar-refractivity contribution in [2.75, 3.05) is 26.3 Å². The lowest BCUT2D eigenvalue weighted by molar-refractivity contribution is -0.135. The molecular formula is C25H34N2O4. The summed E-state index contributed by atoms with van der Waals surface area (Å²) in [5.41, 5.74) is 3.24. The number of phenolic OH excluding ortho intramolecular Hbond substituents is 1. The molecule has 2 rings (SSSR count). The Hall–Kier alpha value is -3.02. The van der Waals surface area contributed by atoms with Crippen molar-refractivity contribution in [1.29, 1.82) is 0 Å². The van der Waals surface area contributed by atoms with E-state index in [9.17, 15) is 9.90 Å². The number of carbonyl (C=O) groups is 1. The molecule has 0 atom stereocenters. The first-order valence-corrected chi connectivity index (χ1v) is 10.9. The normalized spacial score (nSPS) is 18.4. The number of allylic oxidation sites excluding steroid dienone is 3. The molecule has 0 fully saturated rings. The molecule has 0 saturated heterocycles. The van der Waals surface area contributed by atoms with Crippen molar-refractivity contribution in [3.63, 3.8) is 0 Å². The van der Waals surface area contributed by atoms with Gasteiger partial charge in [0, 0.05) is 25.1 Å². The van der Waals surface area contributed by atoms with Gasteiger partial charge in [-0.2, -0.15) is 0 Å². The van der Waals surface area contributed by atoms with Gasteiger partial charge in [0.1, 0.15) is 11.5 Å². The molecule has 1 aliphatic rings. The lowest BCUT2D eigenvalue weighted by Crippen LogP contribution is -2.33. The van der Waals surface area contributed by atoms with E-state index in [1.54, 1.807) is 17.0 Å². The van der Waals surface area contributed by atoms with Gasteiger partial charge < -0.3 is 19.6 Å². The molecule has 6 heteroatoms. The third kappa shape index (κ3) is 7.63. The Morgan fingerprint density at radius 1 is 1.19 bits per heavy atom. The van der Waals surface area contributed by atoms with Crippen molar-refractivity contribution in [2.45, 2.75) is 46.5 Å². The second-order valence-electron chi connectivity index (χ2n) is 7.41. The minimum Gasteiger partial charge on any atom is -0.508 e. The Bertz CT molecular complexity index is 851. The van der Waals surface area contributed by atoms with Crippen LogP contribution in [0, 0.1) is 6.92 Å². The summed E-state index contributed by atoms with van der Waals surface area (Å²) >= 11 is 0. The Balaban J connectivity index is 2.31. The van der Waals surface area contributed by atoms with Crippen LogP contribution in [-0.2, 0) is 20.8 Å². The van der Waals surface area contributed by atoms with Gasteiger partial charge in [-0.25, -0.2) is 0 Å². The van der Waals surface area contributed by atoms with Crippen LogP contribution in [0.3, 0.4) is 0 Å². The minimum absolute atomic E-state index is 0.0972. The van der Waals surface area contributed by atoms with E-state index in [1.165, 1.54) is 0 Å². The van der Waals surface area contributed by atoms with Crippen LogP contribution in [0.5, 0.6) is 5.75 Å². The van der Waals surface area contributed by atoms with Gasteiger partial charge in [-0.3, -0.25) is 4.79 Å². The predicted molar refractivity (Wildman–Crippen MR) is 125 cm³/mol. The molecule has 1 aliphatic heterocycles. The molecule has 0 aromatic heterocycles. The monoisotopic (exact) mass is 426 g/mol. The van der Waals surface area contributed by atoms with Crippen LogP contribution in [0.15, 0.2) is 48.2 Å². The van der Waals surface area contributed by atoms with E-state index in [0.717, 1.165) is 36.0 Å². The maximum Gasteiger partial charge on any atom is 0.263 e. The van der Waals surface area contributed by atoms with E-state index in [2.05, 4.69) is 23.9 Å². The number of fused-ring (bicyclic) bond motifs is 1. The first-order valence-electron chi connectivity index (χ1n) is 10.9. The SMILES string of the molecule is C=C1OCC/C=C/CC/C=C/C(=N/OCC(=O)N(CC)CC)Cc2cc(O)cc(C)c21. The largest absolute Gasteiger partial charge is 0.508 e. The minimum atomic E-state index is -0.108. The number of aryl methyl sites for hydroxylation is 1. The lowest BCUT2D eigenvalue weighted by atomic mass is 9.95. The number of amides is 1. The highest BCUT2D eigenvalue weighted by molar-refractivity contribution is 5.97. The summed E-state index contributed by atoms with van der Waals surface area (Å²) in [5.74, 6) is 0.646. The number of oxime groups is 1. The Kier molecular flexibility index (Phi) is 9.88. The zero-order valence-corrected chi connectivity index (χ0v) is 18.9. The second kappa shape index (κ2) is 12.6. The highest BCUT2D eigenvalue weighted by Crippen LogP contribution is 2.28. The van der Waals surface area contributed by atoms with Crippen LogP contribution in [0.25, 0.3) is 5.76 Å². The van der Waals surface area contributed by atoms with Gasteiger partial charge in [0.05, 0.1) is 12.3 Å². The summed E-state index contributed by atoms with van der Waals surface area (Å²) in [5, 5.41) is 14.4. The second-order valence-corrected chi connectivity index (χ2v) is 7.41. The fourth-order valence-corrected chi connectivity index (χ4v) is 3.50. The Labute approximate surface area is 185 Å². The fourth-order valence-electron chi connectivity index (χ4n) is 3.50. The lowest BCUT2D eigenvalue weighted by Gasteiger charge is -2.18. The topological polar surface area (TPSA) is 71.4 Å². The zero-order valence-electron chi connectivity index (χ0n) is 18.9. The number of phenols is 1.